The number of hydrogen-bond donors (Lipinski definition) is 1. The predicted molar refractivity (Wildman–Crippen MR) is 133 cm³/mol. The highest BCUT2D eigenvalue weighted by atomic mass is 19.4. The fourth-order valence-corrected chi connectivity index (χ4v) is 7.63. The van der Waals surface area contributed by atoms with Gasteiger partial charge >= 0.3 is 12.1 Å². The number of carbonyl (C=O) groups is 2. The SMILES string of the molecule is CC1C2Cc3ncc(C(F)(F)F)cc3CN2C(=O)[C@]12CCC(N1CCC(c3cccc(C(=O)O)c3)CC1)C2. The van der Waals surface area contributed by atoms with Gasteiger partial charge in [0.05, 0.1) is 16.5 Å². The summed E-state index contributed by atoms with van der Waals surface area (Å²) in [5.41, 5.74) is 1.36. The first-order chi connectivity index (χ1) is 18.1. The number of pyridine rings is 1. The zero-order chi connectivity index (χ0) is 26.8. The molecule has 2 aromatic rings. The number of amides is 1. The summed E-state index contributed by atoms with van der Waals surface area (Å²) in [6.45, 7) is 4.16. The van der Waals surface area contributed by atoms with E-state index >= 15 is 0 Å². The standard InChI is InChI=1S/C29H32F3N3O3/c1-17-25-13-24-21(12-22(15-33-24)29(30,31)32)16-35(25)27(38)28(17)8-5-23(14-28)34-9-6-18(7-10-34)19-3-2-4-20(11-19)26(36)37/h2-4,11-12,15,17-18,23,25H,5-10,13-14,16H2,1H3,(H,36,37)/t17?,23?,25?,28-/m0/s1. The molecule has 1 N–H and O–H groups in total. The molecule has 4 atom stereocenters. The van der Waals surface area contributed by atoms with Crippen LogP contribution in [0.4, 0.5) is 13.2 Å². The van der Waals surface area contributed by atoms with Gasteiger partial charge in [-0.2, -0.15) is 13.2 Å². The molecule has 1 aromatic carbocycles. The van der Waals surface area contributed by atoms with Crippen molar-refractivity contribution in [3.63, 3.8) is 0 Å². The van der Waals surface area contributed by atoms with Crippen LogP contribution in [0.25, 0.3) is 0 Å². The summed E-state index contributed by atoms with van der Waals surface area (Å²) in [6.07, 6.45) is 1.42. The van der Waals surface area contributed by atoms with Gasteiger partial charge in [0, 0.05) is 36.9 Å². The Morgan fingerprint density at radius 1 is 1.16 bits per heavy atom. The number of carbonyl (C=O) groups excluding carboxylic acids is 1. The second-order valence-electron chi connectivity index (χ2n) is 11.6. The Labute approximate surface area is 219 Å². The molecule has 38 heavy (non-hydrogen) atoms. The van der Waals surface area contributed by atoms with Crippen molar-refractivity contribution < 1.29 is 27.9 Å². The summed E-state index contributed by atoms with van der Waals surface area (Å²) in [6, 6.07) is 8.68. The molecule has 6 rings (SSSR count). The van der Waals surface area contributed by atoms with Crippen LogP contribution in [0.3, 0.4) is 0 Å². The lowest BCUT2D eigenvalue weighted by Crippen LogP contribution is -2.42. The number of nitrogens with zero attached hydrogens (tertiary/aromatic N) is 3. The van der Waals surface area contributed by atoms with Crippen LogP contribution in [0.5, 0.6) is 0 Å². The molecule has 4 heterocycles. The number of piperidine rings is 1. The lowest BCUT2D eigenvalue weighted by Gasteiger charge is -2.37. The summed E-state index contributed by atoms with van der Waals surface area (Å²) in [5, 5.41) is 9.32. The number of alkyl halides is 3. The lowest BCUT2D eigenvalue weighted by molar-refractivity contribution is -0.138. The molecule has 3 unspecified atom stereocenters. The average Bonchev–Trinajstić information content (AvgIpc) is 3.44. The molecule has 202 valence electrons. The number of fused-ring (bicyclic) bond motifs is 2. The van der Waals surface area contributed by atoms with Gasteiger partial charge in [-0.15, -0.1) is 0 Å². The molecule has 2 saturated heterocycles. The van der Waals surface area contributed by atoms with Gasteiger partial charge in [0.1, 0.15) is 0 Å². The minimum atomic E-state index is -4.45. The Morgan fingerprint density at radius 2 is 1.92 bits per heavy atom. The maximum absolute atomic E-state index is 13.8. The van der Waals surface area contributed by atoms with Gasteiger partial charge in [-0.25, -0.2) is 4.79 Å². The van der Waals surface area contributed by atoms with Crippen LogP contribution in [0, 0.1) is 11.3 Å². The van der Waals surface area contributed by atoms with Crippen molar-refractivity contribution in [2.75, 3.05) is 13.1 Å². The fourth-order valence-electron chi connectivity index (χ4n) is 7.63. The molecule has 3 aliphatic heterocycles. The van der Waals surface area contributed by atoms with Crippen LogP contribution in [0.1, 0.15) is 77.7 Å². The lowest BCUT2D eigenvalue weighted by atomic mass is 9.73. The van der Waals surface area contributed by atoms with E-state index in [1.165, 1.54) is 0 Å². The third-order valence-electron chi connectivity index (χ3n) is 9.84. The Hall–Kier alpha value is -2.94. The van der Waals surface area contributed by atoms with E-state index in [-0.39, 0.29) is 24.4 Å². The number of aromatic nitrogens is 1. The molecule has 0 radical (unpaired) electrons. The minimum Gasteiger partial charge on any atom is -0.478 e. The first-order valence-electron chi connectivity index (χ1n) is 13.5. The van der Waals surface area contributed by atoms with Crippen LogP contribution in [-0.2, 0) is 23.9 Å². The number of halogens is 3. The van der Waals surface area contributed by atoms with Crippen molar-refractivity contribution in [2.45, 2.75) is 76.2 Å². The first kappa shape index (κ1) is 25.3. The fraction of sp³-hybridized carbons (Fsp3) is 0.552. The van der Waals surface area contributed by atoms with Crippen molar-refractivity contribution >= 4 is 11.9 Å². The third-order valence-corrected chi connectivity index (χ3v) is 9.84. The van der Waals surface area contributed by atoms with E-state index in [9.17, 15) is 27.9 Å². The van der Waals surface area contributed by atoms with Gasteiger partial charge in [-0.3, -0.25) is 9.78 Å². The molecular formula is C29H32F3N3O3. The third kappa shape index (κ3) is 4.10. The second kappa shape index (κ2) is 9.07. The highest BCUT2D eigenvalue weighted by molar-refractivity contribution is 5.88. The van der Waals surface area contributed by atoms with E-state index < -0.39 is 23.1 Å². The van der Waals surface area contributed by atoms with E-state index in [0.29, 0.717) is 35.2 Å². The van der Waals surface area contributed by atoms with Crippen LogP contribution >= 0.6 is 0 Å². The molecule has 3 fully saturated rings. The molecule has 1 amide bonds. The van der Waals surface area contributed by atoms with Gasteiger partial charge in [0.15, 0.2) is 0 Å². The maximum Gasteiger partial charge on any atom is 0.417 e. The van der Waals surface area contributed by atoms with E-state index in [2.05, 4.69) is 16.8 Å². The molecular weight excluding hydrogens is 495 g/mol. The molecule has 1 aliphatic carbocycles. The first-order valence-corrected chi connectivity index (χ1v) is 13.5. The van der Waals surface area contributed by atoms with Crippen molar-refractivity contribution in [3.05, 3.63) is 64.5 Å². The second-order valence-corrected chi connectivity index (χ2v) is 11.6. The van der Waals surface area contributed by atoms with Crippen LogP contribution in [-0.4, -0.2) is 56.9 Å². The van der Waals surface area contributed by atoms with E-state index in [1.54, 1.807) is 12.1 Å². The smallest absolute Gasteiger partial charge is 0.417 e. The highest BCUT2D eigenvalue weighted by Crippen LogP contribution is 2.55. The van der Waals surface area contributed by atoms with Gasteiger partial charge in [-0.1, -0.05) is 19.1 Å². The number of hydrogen-bond acceptors (Lipinski definition) is 4. The summed E-state index contributed by atoms with van der Waals surface area (Å²) in [7, 11) is 0. The van der Waals surface area contributed by atoms with Crippen LogP contribution in [0.15, 0.2) is 36.5 Å². The Kier molecular flexibility index (Phi) is 6.05. The maximum atomic E-state index is 13.8. The van der Waals surface area contributed by atoms with Crippen LogP contribution < -0.4 is 0 Å². The minimum absolute atomic E-state index is 0.0229. The van der Waals surface area contributed by atoms with Crippen molar-refractivity contribution in [1.29, 1.82) is 0 Å². The normalized spacial score (nSPS) is 30.1. The molecule has 1 spiro atoms. The van der Waals surface area contributed by atoms with E-state index in [4.69, 9.17) is 0 Å². The number of likely N-dealkylation sites (tertiary alicyclic amines) is 1. The molecule has 1 aromatic heterocycles. The van der Waals surface area contributed by atoms with Gasteiger partial charge < -0.3 is 14.9 Å². The Morgan fingerprint density at radius 3 is 2.63 bits per heavy atom. The highest BCUT2D eigenvalue weighted by Gasteiger charge is 2.61. The summed E-state index contributed by atoms with van der Waals surface area (Å²) < 4.78 is 39.7. The number of benzene rings is 1. The Balaban J connectivity index is 1.13. The average molecular weight is 528 g/mol. The molecule has 4 aliphatic rings. The van der Waals surface area contributed by atoms with Gasteiger partial charge in [0.2, 0.25) is 5.91 Å². The Bertz CT molecular complexity index is 1270. The number of carboxylic acids is 1. The zero-order valence-corrected chi connectivity index (χ0v) is 21.4. The largest absolute Gasteiger partial charge is 0.478 e. The predicted octanol–water partition coefficient (Wildman–Crippen LogP) is 5.12. The van der Waals surface area contributed by atoms with Crippen molar-refractivity contribution in [2.24, 2.45) is 11.3 Å². The summed E-state index contributed by atoms with van der Waals surface area (Å²) in [4.78, 5) is 33.7. The zero-order valence-electron chi connectivity index (χ0n) is 21.4. The molecule has 6 nitrogen and oxygen atoms in total. The van der Waals surface area contributed by atoms with Gasteiger partial charge in [0.25, 0.3) is 0 Å². The topological polar surface area (TPSA) is 73.7 Å². The quantitative estimate of drug-likeness (QED) is 0.600. The molecule has 0 bridgehead atoms. The van der Waals surface area contributed by atoms with E-state index in [0.717, 1.165) is 63.0 Å². The van der Waals surface area contributed by atoms with E-state index in [1.807, 2.05) is 17.0 Å². The summed E-state index contributed by atoms with van der Waals surface area (Å²) >= 11 is 0. The molecule has 1 saturated carbocycles. The number of aromatic carboxylic acids is 1. The summed E-state index contributed by atoms with van der Waals surface area (Å²) in [5.74, 6) is -0.365. The van der Waals surface area contributed by atoms with Crippen molar-refractivity contribution in [3.8, 4) is 0 Å². The monoisotopic (exact) mass is 527 g/mol. The number of rotatable bonds is 3. The van der Waals surface area contributed by atoms with Gasteiger partial charge in [-0.05, 0) is 86.4 Å². The van der Waals surface area contributed by atoms with Crippen LogP contribution in [0.2, 0.25) is 0 Å². The van der Waals surface area contributed by atoms with Crippen molar-refractivity contribution in [1.82, 2.24) is 14.8 Å². The number of carboxylic acid groups (broad SMARTS) is 1. The molecule has 9 heteroatoms.